The smallest absolute Gasteiger partial charge is 0.123 e. The van der Waals surface area contributed by atoms with Crippen LogP contribution in [0.4, 0.5) is 4.39 Å². The van der Waals surface area contributed by atoms with Gasteiger partial charge in [0.2, 0.25) is 0 Å². The Bertz CT molecular complexity index is 486. The molecule has 0 radical (unpaired) electrons. The van der Waals surface area contributed by atoms with E-state index in [2.05, 4.69) is 26.0 Å². The summed E-state index contributed by atoms with van der Waals surface area (Å²) in [6, 6.07) is 12.9. The molecule has 0 fully saturated rings. The van der Waals surface area contributed by atoms with Crippen LogP contribution in [0.1, 0.15) is 11.1 Å². The molecule has 0 atom stereocenters. The van der Waals surface area contributed by atoms with Gasteiger partial charge in [-0.3, -0.25) is 0 Å². The van der Waals surface area contributed by atoms with E-state index in [9.17, 15) is 4.39 Å². The molecule has 1 heteroatoms. The fraction of sp³-hybridized carbons (Fsp3) is 0.143. The van der Waals surface area contributed by atoms with Gasteiger partial charge in [-0.15, -0.1) is 0 Å². The highest BCUT2D eigenvalue weighted by molar-refractivity contribution is 5.64. The third kappa shape index (κ3) is 2.07. The van der Waals surface area contributed by atoms with Crippen LogP contribution in [-0.2, 0) is 0 Å². The minimum atomic E-state index is -0.189. The molecule has 2 rings (SSSR count). The Labute approximate surface area is 89.4 Å². The van der Waals surface area contributed by atoms with Crippen molar-refractivity contribution in [3.63, 3.8) is 0 Å². The summed E-state index contributed by atoms with van der Waals surface area (Å²) >= 11 is 0. The van der Waals surface area contributed by atoms with Crippen molar-refractivity contribution in [3.8, 4) is 11.1 Å². The molecule has 0 aromatic heterocycles. The van der Waals surface area contributed by atoms with Crippen molar-refractivity contribution >= 4 is 0 Å². The third-order valence-corrected chi connectivity index (χ3v) is 2.66. The van der Waals surface area contributed by atoms with Crippen molar-refractivity contribution in [3.05, 3.63) is 59.4 Å². The molecule has 0 saturated heterocycles. The summed E-state index contributed by atoms with van der Waals surface area (Å²) in [6.45, 7) is 4.14. The van der Waals surface area contributed by atoms with Gasteiger partial charge in [-0.1, -0.05) is 30.3 Å². The average Bonchev–Trinajstić information content (AvgIpc) is 2.22. The van der Waals surface area contributed by atoms with E-state index in [4.69, 9.17) is 0 Å². The molecule has 0 N–H and O–H groups in total. The van der Waals surface area contributed by atoms with E-state index in [-0.39, 0.29) is 5.82 Å². The zero-order valence-corrected chi connectivity index (χ0v) is 8.92. The first-order valence-electron chi connectivity index (χ1n) is 5.00. The van der Waals surface area contributed by atoms with Gasteiger partial charge in [0.25, 0.3) is 0 Å². The lowest BCUT2D eigenvalue weighted by atomic mass is 10.0. The second kappa shape index (κ2) is 3.85. The Balaban J connectivity index is 2.50. The summed E-state index contributed by atoms with van der Waals surface area (Å²) in [7, 11) is 0. The van der Waals surface area contributed by atoms with Gasteiger partial charge in [-0.25, -0.2) is 4.39 Å². The summed E-state index contributed by atoms with van der Waals surface area (Å²) in [5.74, 6) is -0.189. The lowest BCUT2D eigenvalue weighted by Crippen LogP contribution is -1.84. The molecular formula is C14H13F. The lowest BCUT2D eigenvalue weighted by Gasteiger charge is -2.05. The Morgan fingerprint density at radius 3 is 2.20 bits per heavy atom. The van der Waals surface area contributed by atoms with E-state index < -0.39 is 0 Å². The molecule has 0 bridgehead atoms. The van der Waals surface area contributed by atoms with E-state index in [1.54, 1.807) is 12.1 Å². The molecule has 2 aromatic carbocycles. The van der Waals surface area contributed by atoms with Gasteiger partial charge in [0, 0.05) is 0 Å². The van der Waals surface area contributed by atoms with Gasteiger partial charge in [-0.05, 0) is 48.2 Å². The molecule has 0 amide bonds. The number of rotatable bonds is 1. The summed E-state index contributed by atoms with van der Waals surface area (Å²) in [6.07, 6.45) is 0. The largest absolute Gasteiger partial charge is 0.207 e. The van der Waals surface area contributed by atoms with Crippen molar-refractivity contribution < 1.29 is 4.39 Å². The highest BCUT2D eigenvalue weighted by atomic mass is 19.1. The molecule has 76 valence electrons. The quantitative estimate of drug-likeness (QED) is 0.649. The Kier molecular flexibility index (Phi) is 2.55. The maximum absolute atomic E-state index is 13.0. The van der Waals surface area contributed by atoms with E-state index in [0.717, 1.165) is 11.1 Å². The van der Waals surface area contributed by atoms with Crippen LogP contribution in [0.5, 0.6) is 0 Å². The summed E-state index contributed by atoms with van der Waals surface area (Å²) in [5, 5.41) is 0. The molecule has 0 heterocycles. The third-order valence-electron chi connectivity index (χ3n) is 2.66. The average molecular weight is 200 g/mol. The molecule has 0 nitrogen and oxygen atoms in total. The number of hydrogen-bond acceptors (Lipinski definition) is 0. The van der Waals surface area contributed by atoms with Crippen molar-refractivity contribution in [2.24, 2.45) is 0 Å². The molecular weight excluding hydrogens is 187 g/mol. The van der Waals surface area contributed by atoms with Crippen LogP contribution >= 0.6 is 0 Å². The second-order valence-electron chi connectivity index (χ2n) is 3.81. The van der Waals surface area contributed by atoms with E-state index in [0.29, 0.717) is 0 Å². The Morgan fingerprint density at radius 1 is 0.800 bits per heavy atom. The molecule has 0 aliphatic heterocycles. The number of halogens is 1. The molecule has 0 spiro atoms. The molecule has 0 unspecified atom stereocenters. The zero-order chi connectivity index (χ0) is 10.8. The van der Waals surface area contributed by atoms with Crippen LogP contribution in [-0.4, -0.2) is 0 Å². The molecule has 0 saturated carbocycles. The highest BCUT2D eigenvalue weighted by Crippen LogP contribution is 2.22. The summed E-state index contributed by atoms with van der Waals surface area (Å²) in [4.78, 5) is 0. The van der Waals surface area contributed by atoms with E-state index >= 15 is 0 Å². The van der Waals surface area contributed by atoms with Crippen LogP contribution in [0.15, 0.2) is 42.5 Å². The fourth-order valence-electron chi connectivity index (χ4n) is 1.59. The molecule has 0 aliphatic carbocycles. The van der Waals surface area contributed by atoms with Crippen LogP contribution in [0.3, 0.4) is 0 Å². The predicted molar refractivity (Wildman–Crippen MR) is 61.3 cm³/mol. The summed E-state index contributed by atoms with van der Waals surface area (Å²) < 4.78 is 13.0. The number of hydrogen-bond donors (Lipinski definition) is 0. The lowest BCUT2D eigenvalue weighted by molar-refractivity contribution is 0.628. The number of benzene rings is 2. The first kappa shape index (κ1) is 9.91. The number of aryl methyl sites for hydroxylation is 2. The zero-order valence-electron chi connectivity index (χ0n) is 8.92. The van der Waals surface area contributed by atoms with Crippen LogP contribution in [0.2, 0.25) is 0 Å². The minimum Gasteiger partial charge on any atom is -0.207 e. The van der Waals surface area contributed by atoms with Gasteiger partial charge < -0.3 is 0 Å². The molecule has 15 heavy (non-hydrogen) atoms. The van der Waals surface area contributed by atoms with Crippen LogP contribution in [0.25, 0.3) is 11.1 Å². The van der Waals surface area contributed by atoms with Gasteiger partial charge in [0.1, 0.15) is 5.82 Å². The van der Waals surface area contributed by atoms with Crippen LogP contribution in [0, 0.1) is 19.7 Å². The van der Waals surface area contributed by atoms with Crippen molar-refractivity contribution in [2.45, 2.75) is 13.8 Å². The Morgan fingerprint density at radius 2 is 1.53 bits per heavy atom. The van der Waals surface area contributed by atoms with Crippen molar-refractivity contribution in [2.75, 3.05) is 0 Å². The van der Waals surface area contributed by atoms with Crippen LogP contribution < -0.4 is 0 Å². The maximum atomic E-state index is 13.0. The van der Waals surface area contributed by atoms with Gasteiger partial charge in [0.15, 0.2) is 0 Å². The topological polar surface area (TPSA) is 0 Å². The minimum absolute atomic E-state index is 0.189. The van der Waals surface area contributed by atoms with Gasteiger partial charge in [-0.2, -0.15) is 0 Å². The Hall–Kier alpha value is -1.63. The highest BCUT2D eigenvalue weighted by Gasteiger charge is 2.00. The predicted octanol–water partition coefficient (Wildman–Crippen LogP) is 4.11. The standard InChI is InChI=1S/C14H13F/c1-10-6-7-13(8-11(10)2)12-4-3-5-14(15)9-12/h3-9H,1-2H3. The van der Waals surface area contributed by atoms with Crippen molar-refractivity contribution in [1.29, 1.82) is 0 Å². The fourth-order valence-corrected chi connectivity index (χ4v) is 1.59. The van der Waals surface area contributed by atoms with E-state index in [1.165, 1.54) is 17.2 Å². The summed E-state index contributed by atoms with van der Waals surface area (Å²) in [5.41, 5.74) is 4.49. The first-order valence-corrected chi connectivity index (χ1v) is 5.00. The normalized spacial score (nSPS) is 10.3. The second-order valence-corrected chi connectivity index (χ2v) is 3.81. The molecule has 2 aromatic rings. The SMILES string of the molecule is Cc1ccc(-c2cccc(F)c2)cc1C. The molecule has 0 aliphatic rings. The first-order chi connectivity index (χ1) is 7.16. The van der Waals surface area contributed by atoms with E-state index in [1.807, 2.05) is 12.1 Å². The maximum Gasteiger partial charge on any atom is 0.123 e. The van der Waals surface area contributed by atoms with Crippen molar-refractivity contribution in [1.82, 2.24) is 0 Å². The van der Waals surface area contributed by atoms with Gasteiger partial charge >= 0.3 is 0 Å². The van der Waals surface area contributed by atoms with Gasteiger partial charge in [0.05, 0.1) is 0 Å². The monoisotopic (exact) mass is 200 g/mol.